The van der Waals surface area contributed by atoms with E-state index in [4.69, 9.17) is 26.9 Å². The van der Waals surface area contributed by atoms with Crippen LogP contribution >= 0.6 is 11.6 Å². The molecule has 1 heterocycles. The molecule has 1 aromatic rings. The van der Waals surface area contributed by atoms with Crippen molar-refractivity contribution in [3.05, 3.63) is 44.5 Å². The molecule has 0 aliphatic carbocycles. The summed E-state index contributed by atoms with van der Waals surface area (Å²) in [5, 5.41) is 14.5. The zero-order valence-corrected chi connectivity index (χ0v) is 10.4. The highest BCUT2D eigenvalue weighted by atomic mass is 35.5. The van der Waals surface area contributed by atoms with Crippen LogP contribution in [0.5, 0.6) is 0 Å². The van der Waals surface area contributed by atoms with Crippen molar-refractivity contribution in [2.24, 2.45) is 0 Å². The third-order valence-corrected chi connectivity index (χ3v) is 2.93. The van der Waals surface area contributed by atoms with Crippen molar-refractivity contribution in [2.45, 2.75) is 12.8 Å². The summed E-state index contributed by atoms with van der Waals surface area (Å²) in [6, 6.07) is 6.26. The lowest BCUT2D eigenvalue weighted by Gasteiger charge is -2.10. The number of benzene rings is 1. The standard InChI is InChI=1S/C11H14ClN.HNO3/c1-13-6-4-9-2-3-11(12)8-10(9)5-7-13;2-1(3)4/h2-3,8H,4-7H2,1H3;(H,2,3,4). The fourth-order valence-corrected chi connectivity index (χ4v) is 2.00. The lowest BCUT2D eigenvalue weighted by molar-refractivity contribution is -0.742. The van der Waals surface area contributed by atoms with Crippen molar-refractivity contribution in [3.63, 3.8) is 0 Å². The maximum atomic E-state index is 8.36. The molecule has 0 aromatic heterocycles. The van der Waals surface area contributed by atoms with Crippen molar-refractivity contribution in [3.8, 4) is 0 Å². The van der Waals surface area contributed by atoms with Crippen LogP contribution in [-0.2, 0) is 12.8 Å². The Hall–Kier alpha value is -1.33. The smallest absolute Gasteiger partial charge is 0.291 e. The van der Waals surface area contributed by atoms with Crippen LogP contribution in [0.15, 0.2) is 18.2 Å². The van der Waals surface area contributed by atoms with Crippen LogP contribution in [0, 0.1) is 10.1 Å². The minimum atomic E-state index is -1.50. The van der Waals surface area contributed by atoms with Gasteiger partial charge in [-0.25, -0.2) is 0 Å². The first-order chi connectivity index (χ1) is 7.99. The molecule has 0 saturated carbocycles. The molecule has 0 atom stereocenters. The number of likely N-dealkylation sites (N-methyl/N-ethyl adjacent to an activating group) is 1. The SMILES string of the molecule is CN1CCc2ccc(Cl)cc2CC1.O=[N+]([O-])O. The first kappa shape index (κ1) is 13.7. The molecule has 0 bridgehead atoms. The van der Waals surface area contributed by atoms with Gasteiger partial charge in [0.25, 0.3) is 5.09 Å². The number of fused-ring (bicyclic) bond motifs is 1. The summed E-state index contributed by atoms with van der Waals surface area (Å²) < 4.78 is 0. The van der Waals surface area contributed by atoms with Gasteiger partial charge in [-0.1, -0.05) is 17.7 Å². The van der Waals surface area contributed by atoms with Gasteiger partial charge in [-0.05, 0) is 43.1 Å². The fourth-order valence-electron chi connectivity index (χ4n) is 1.81. The second kappa shape index (κ2) is 6.42. The predicted molar refractivity (Wildman–Crippen MR) is 65.1 cm³/mol. The van der Waals surface area contributed by atoms with Gasteiger partial charge < -0.3 is 10.1 Å². The molecular formula is C11H15ClN2O3. The average molecular weight is 259 g/mol. The van der Waals surface area contributed by atoms with E-state index in [9.17, 15) is 0 Å². The Bertz CT molecular complexity index is 394. The zero-order valence-electron chi connectivity index (χ0n) is 9.60. The number of hydrogen-bond acceptors (Lipinski definition) is 3. The molecule has 2 rings (SSSR count). The largest absolute Gasteiger partial charge is 0.328 e. The quantitative estimate of drug-likeness (QED) is 0.571. The van der Waals surface area contributed by atoms with Crippen LogP contribution in [0.3, 0.4) is 0 Å². The summed E-state index contributed by atoms with van der Waals surface area (Å²) in [7, 11) is 2.17. The van der Waals surface area contributed by atoms with Gasteiger partial charge in [0.05, 0.1) is 0 Å². The second-order valence-corrected chi connectivity index (χ2v) is 4.39. The first-order valence-electron chi connectivity index (χ1n) is 5.28. The Morgan fingerprint density at radius 1 is 1.35 bits per heavy atom. The molecule has 0 amide bonds. The minimum Gasteiger partial charge on any atom is -0.328 e. The topological polar surface area (TPSA) is 66.6 Å². The van der Waals surface area contributed by atoms with Gasteiger partial charge in [0, 0.05) is 18.1 Å². The van der Waals surface area contributed by atoms with E-state index in [2.05, 4.69) is 24.1 Å². The Kier molecular flexibility index (Phi) is 5.18. The zero-order chi connectivity index (χ0) is 12.8. The van der Waals surface area contributed by atoms with Crippen LogP contribution in [0.25, 0.3) is 0 Å². The van der Waals surface area contributed by atoms with Crippen molar-refractivity contribution in [2.75, 3.05) is 20.1 Å². The molecule has 0 spiro atoms. The molecule has 1 aromatic carbocycles. The minimum absolute atomic E-state index is 0.864. The summed E-state index contributed by atoms with van der Waals surface area (Å²) in [6.45, 7) is 2.31. The highest BCUT2D eigenvalue weighted by Gasteiger charge is 2.10. The summed E-state index contributed by atoms with van der Waals surface area (Å²) in [6.07, 6.45) is 2.29. The highest BCUT2D eigenvalue weighted by Crippen LogP contribution is 2.19. The van der Waals surface area contributed by atoms with Gasteiger partial charge in [0.1, 0.15) is 0 Å². The summed E-state index contributed by atoms with van der Waals surface area (Å²) >= 11 is 5.95. The summed E-state index contributed by atoms with van der Waals surface area (Å²) in [5.41, 5.74) is 2.89. The molecule has 94 valence electrons. The molecule has 0 fully saturated rings. The van der Waals surface area contributed by atoms with Gasteiger partial charge in [-0.15, -0.1) is 10.1 Å². The van der Waals surface area contributed by atoms with Crippen LogP contribution < -0.4 is 0 Å². The second-order valence-electron chi connectivity index (χ2n) is 3.95. The Morgan fingerprint density at radius 2 is 1.88 bits per heavy atom. The Balaban J connectivity index is 0.000000317. The van der Waals surface area contributed by atoms with E-state index >= 15 is 0 Å². The third kappa shape index (κ3) is 5.01. The van der Waals surface area contributed by atoms with Gasteiger partial charge in [-0.2, -0.15) is 0 Å². The number of rotatable bonds is 0. The van der Waals surface area contributed by atoms with Gasteiger partial charge >= 0.3 is 0 Å². The van der Waals surface area contributed by atoms with E-state index < -0.39 is 5.09 Å². The van der Waals surface area contributed by atoms with Gasteiger partial charge in [0.2, 0.25) is 0 Å². The van der Waals surface area contributed by atoms with Gasteiger partial charge in [-0.3, -0.25) is 0 Å². The van der Waals surface area contributed by atoms with E-state index in [1.807, 2.05) is 6.07 Å². The molecule has 0 unspecified atom stereocenters. The average Bonchev–Trinajstić information content (AvgIpc) is 2.40. The lowest BCUT2D eigenvalue weighted by atomic mass is 10.0. The van der Waals surface area contributed by atoms with Crippen LogP contribution in [0.1, 0.15) is 11.1 Å². The summed E-state index contributed by atoms with van der Waals surface area (Å²) in [5.74, 6) is 0. The molecule has 1 aliphatic rings. The Morgan fingerprint density at radius 3 is 2.47 bits per heavy atom. The summed E-state index contributed by atoms with van der Waals surface area (Å²) in [4.78, 5) is 10.7. The molecule has 1 aliphatic heterocycles. The predicted octanol–water partition coefficient (Wildman–Crippen LogP) is 2.02. The number of nitrogens with zero attached hydrogens (tertiary/aromatic N) is 2. The fraction of sp³-hybridized carbons (Fsp3) is 0.455. The molecule has 0 radical (unpaired) electrons. The van der Waals surface area contributed by atoms with E-state index in [1.54, 1.807) is 0 Å². The first-order valence-corrected chi connectivity index (χ1v) is 5.66. The normalized spacial score (nSPS) is 15.2. The van der Waals surface area contributed by atoms with Gasteiger partial charge in [0.15, 0.2) is 0 Å². The van der Waals surface area contributed by atoms with Crippen molar-refractivity contribution in [1.29, 1.82) is 0 Å². The van der Waals surface area contributed by atoms with Crippen molar-refractivity contribution in [1.82, 2.24) is 4.90 Å². The molecule has 5 nitrogen and oxygen atoms in total. The van der Waals surface area contributed by atoms with Crippen LogP contribution in [-0.4, -0.2) is 35.3 Å². The maximum Gasteiger partial charge on any atom is 0.291 e. The maximum absolute atomic E-state index is 8.36. The van der Waals surface area contributed by atoms with E-state index in [0.29, 0.717) is 0 Å². The lowest BCUT2D eigenvalue weighted by Crippen LogP contribution is -2.20. The molecule has 17 heavy (non-hydrogen) atoms. The third-order valence-electron chi connectivity index (χ3n) is 2.69. The van der Waals surface area contributed by atoms with Crippen LogP contribution in [0.2, 0.25) is 5.02 Å². The highest BCUT2D eigenvalue weighted by molar-refractivity contribution is 6.30. The number of hydrogen-bond donors (Lipinski definition) is 1. The van der Waals surface area contributed by atoms with Crippen molar-refractivity contribution < 1.29 is 10.3 Å². The van der Waals surface area contributed by atoms with Crippen LogP contribution in [0.4, 0.5) is 0 Å². The van der Waals surface area contributed by atoms with E-state index in [0.717, 1.165) is 31.0 Å². The molecule has 0 saturated heterocycles. The molecule has 6 heteroatoms. The van der Waals surface area contributed by atoms with E-state index in [1.165, 1.54) is 11.1 Å². The molecular weight excluding hydrogens is 244 g/mol. The number of halogens is 1. The van der Waals surface area contributed by atoms with E-state index in [-0.39, 0.29) is 0 Å². The molecule has 1 N–H and O–H groups in total. The van der Waals surface area contributed by atoms with Crippen molar-refractivity contribution >= 4 is 11.6 Å². The Labute approximate surface area is 105 Å². The monoisotopic (exact) mass is 258 g/mol.